The Morgan fingerprint density at radius 3 is 2.73 bits per heavy atom. The van der Waals surface area contributed by atoms with E-state index in [0.29, 0.717) is 38.4 Å². The Morgan fingerprint density at radius 2 is 2.09 bits per heavy atom. The van der Waals surface area contributed by atoms with E-state index >= 15 is 0 Å². The molecule has 0 atom stereocenters. The maximum absolute atomic E-state index is 12.2. The third-order valence-electron chi connectivity index (χ3n) is 2.72. The van der Waals surface area contributed by atoms with Gasteiger partial charge in [-0.25, -0.2) is 4.79 Å². The Morgan fingerprint density at radius 1 is 1.32 bits per heavy atom. The molecule has 114 valence electrons. The van der Waals surface area contributed by atoms with Crippen molar-refractivity contribution in [1.29, 1.82) is 0 Å². The minimum atomic E-state index is -0.541. The lowest BCUT2D eigenvalue weighted by atomic mass is 10.2. The smallest absolute Gasteiger partial charge is 0.343 e. The SMILES string of the molecule is CCOc1cc(C=O)cc(I)c1OC(=O)c1cccc(Cl)c1. The molecule has 22 heavy (non-hydrogen) atoms. The first kappa shape index (κ1) is 16.8. The highest BCUT2D eigenvalue weighted by Crippen LogP contribution is 2.34. The van der Waals surface area contributed by atoms with Crippen molar-refractivity contribution in [3.8, 4) is 11.5 Å². The standard InChI is InChI=1S/C16H12ClIO4/c1-2-21-14-7-10(9-19)6-13(18)15(14)22-16(20)11-4-3-5-12(17)8-11/h3-9H,2H2,1H3. The van der Waals surface area contributed by atoms with Gasteiger partial charge in [0.15, 0.2) is 11.5 Å². The van der Waals surface area contributed by atoms with E-state index in [4.69, 9.17) is 21.1 Å². The number of ether oxygens (including phenoxy) is 2. The summed E-state index contributed by atoms with van der Waals surface area (Å²) in [6, 6.07) is 9.64. The summed E-state index contributed by atoms with van der Waals surface area (Å²) in [6.07, 6.45) is 0.716. The van der Waals surface area contributed by atoms with Crippen LogP contribution in [0.4, 0.5) is 0 Å². The summed E-state index contributed by atoms with van der Waals surface area (Å²) in [5.74, 6) is 0.102. The fourth-order valence-corrected chi connectivity index (χ4v) is 2.71. The number of carbonyl (C=O) groups is 2. The average Bonchev–Trinajstić information content (AvgIpc) is 2.50. The topological polar surface area (TPSA) is 52.6 Å². The first-order valence-corrected chi connectivity index (χ1v) is 7.90. The lowest BCUT2D eigenvalue weighted by molar-refractivity contribution is 0.0727. The van der Waals surface area contributed by atoms with Crippen LogP contribution in [0.2, 0.25) is 5.02 Å². The minimum Gasteiger partial charge on any atom is -0.490 e. The average molecular weight is 431 g/mol. The van der Waals surface area contributed by atoms with Crippen LogP contribution in [0, 0.1) is 3.57 Å². The van der Waals surface area contributed by atoms with Gasteiger partial charge in [0.05, 0.1) is 15.7 Å². The molecule has 4 nitrogen and oxygen atoms in total. The van der Waals surface area contributed by atoms with Gasteiger partial charge in [0.2, 0.25) is 0 Å². The number of halogens is 2. The molecule has 2 aromatic rings. The molecule has 0 heterocycles. The molecule has 0 bridgehead atoms. The molecule has 0 saturated carbocycles. The van der Waals surface area contributed by atoms with Gasteiger partial charge in [-0.05, 0) is 59.8 Å². The van der Waals surface area contributed by atoms with Gasteiger partial charge >= 0.3 is 5.97 Å². The Balaban J connectivity index is 2.35. The summed E-state index contributed by atoms with van der Waals surface area (Å²) in [7, 11) is 0. The third-order valence-corrected chi connectivity index (χ3v) is 3.76. The van der Waals surface area contributed by atoms with Crippen molar-refractivity contribution >= 4 is 46.4 Å². The highest BCUT2D eigenvalue weighted by Gasteiger charge is 2.17. The second kappa shape index (κ2) is 7.60. The van der Waals surface area contributed by atoms with E-state index < -0.39 is 5.97 Å². The van der Waals surface area contributed by atoms with Crippen molar-refractivity contribution in [1.82, 2.24) is 0 Å². The van der Waals surface area contributed by atoms with E-state index in [2.05, 4.69) is 0 Å². The molecule has 0 fully saturated rings. The van der Waals surface area contributed by atoms with Gasteiger partial charge in [0.25, 0.3) is 0 Å². The van der Waals surface area contributed by atoms with Gasteiger partial charge in [-0.15, -0.1) is 0 Å². The fraction of sp³-hybridized carbons (Fsp3) is 0.125. The molecule has 6 heteroatoms. The summed E-state index contributed by atoms with van der Waals surface area (Å²) in [6.45, 7) is 2.20. The van der Waals surface area contributed by atoms with Crippen molar-refractivity contribution in [2.45, 2.75) is 6.92 Å². The summed E-state index contributed by atoms with van der Waals surface area (Å²) in [4.78, 5) is 23.1. The molecular formula is C16H12ClIO4. The van der Waals surface area contributed by atoms with Crippen molar-refractivity contribution in [2.24, 2.45) is 0 Å². The molecule has 2 aromatic carbocycles. The molecule has 0 amide bonds. The lowest BCUT2D eigenvalue weighted by Gasteiger charge is -2.13. The number of carbonyl (C=O) groups excluding carboxylic acids is 2. The molecule has 0 aliphatic rings. The molecule has 2 rings (SSSR count). The quantitative estimate of drug-likeness (QED) is 0.306. The first-order chi connectivity index (χ1) is 10.5. The predicted octanol–water partition coefficient (Wildman–Crippen LogP) is 4.38. The lowest BCUT2D eigenvalue weighted by Crippen LogP contribution is -2.11. The second-order valence-corrected chi connectivity index (χ2v) is 5.88. The van der Waals surface area contributed by atoms with Crippen molar-refractivity contribution in [3.05, 3.63) is 56.1 Å². The highest BCUT2D eigenvalue weighted by atomic mass is 127. The van der Waals surface area contributed by atoms with E-state index in [9.17, 15) is 9.59 Å². The Hall–Kier alpha value is -1.60. The summed E-state index contributed by atoms with van der Waals surface area (Å²) < 4.78 is 11.5. The van der Waals surface area contributed by atoms with E-state index in [1.807, 2.05) is 29.5 Å². The third kappa shape index (κ3) is 3.98. The Kier molecular flexibility index (Phi) is 5.79. The number of rotatable bonds is 5. The zero-order valence-corrected chi connectivity index (χ0v) is 14.6. The Labute approximate surface area is 146 Å². The number of esters is 1. The molecular weight excluding hydrogens is 419 g/mol. The van der Waals surface area contributed by atoms with Crippen LogP contribution in [0.25, 0.3) is 0 Å². The zero-order valence-electron chi connectivity index (χ0n) is 11.6. The monoisotopic (exact) mass is 430 g/mol. The van der Waals surface area contributed by atoms with Crippen molar-refractivity contribution in [2.75, 3.05) is 6.61 Å². The van der Waals surface area contributed by atoms with Gasteiger partial charge in [-0.1, -0.05) is 17.7 Å². The Bertz CT molecular complexity index is 715. The van der Waals surface area contributed by atoms with Crippen LogP contribution in [0.1, 0.15) is 27.6 Å². The van der Waals surface area contributed by atoms with Crippen LogP contribution in [-0.2, 0) is 0 Å². The largest absolute Gasteiger partial charge is 0.490 e. The molecule has 0 N–H and O–H groups in total. The molecule has 0 radical (unpaired) electrons. The van der Waals surface area contributed by atoms with E-state index in [-0.39, 0.29) is 5.75 Å². The summed E-state index contributed by atoms with van der Waals surface area (Å²) in [5.41, 5.74) is 0.792. The van der Waals surface area contributed by atoms with E-state index in [1.165, 1.54) is 6.07 Å². The predicted molar refractivity (Wildman–Crippen MR) is 92.1 cm³/mol. The van der Waals surface area contributed by atoms with Crippen LogP contribution in [0.3, 0.4) is 0 Å². The minimum absolute atomic E-state index is 0.290. The van der Waals surface area contributed by atoms with Crippen LogP contribution in [0.5, 0.6) is 11.5 Å². The van der Waals surface area contributed by atoms with Gasteiger partial charge < -0.3 is 9.47 Å². The molecule has 0 spiro atoms. The number of aldehydes is 1. The maximum Gasteiger partial charge on any atom is 0.343 e. The van der Waals surface area contributed by atoms with Gasteiger partial charge in [0.1, 0.15) is 6.29 Å². The maximum atomic E-state index is 12.2. The number of benzene rings is 2. The zero-order chi connectivity index (χ0) is 16.1. The van der Waals surface area contributed by atoms with Gasteiger partial charge in [-0.3, -0.25) is 4.79 Å². The molecule has 0 aliphatic heterocycles. The van der Waals surface area contributed by atoms with E-state index in [0.717, 1.165) is 0 Å². The van der Waals surface area contributed by atoms with Gasteiger partial charge in [0, 0.05) is 10.6 Å². The van der Waals surface area contributed by atoms with Crippen molar-refractivity contribution in [3.63, 3.8) is 0 Å². The fourth-order valence-electron chi connectivity index (χ4n) is 1.79. The molecule has 0 aliphatic carbocycles. The van der Waals surface area contributed by atoms with Crippen LogP contribution in [-0.4, -0.2) is 18.9 Å². The normalized spacial score (nSPS) is 10.1. The van der Waals surface area contributed by atoms with Crippen LogP contribution in [0.15, 0.2) is 36.4 Å². The molecule has 0 saturated heterocycles. The second-order valence-electron chi connectivity index (χ2n) is 4.28. The highest BCUT2D eigenvalue weighted by molar-refractivity contribution is 14.1. The van der Waals surface area contributed by atoms with Crippen molar-refractivity contribution < 1.29 is 19.1 Å². The summed E-state index contributed by atoms with van der Waals surface area (Å²) >= 11 is 7.86. The van der Waals surface area contributed by atoms with Crippen LogP contribution >= 0.6 is 34.2 Å². The molecule has 0 aromatic heterocycles. The summed E-state index contributed by atoms with van der Waals surface area (Å²) in [5, 5.41) is 0.450. The van der Waals surface area contributed by atoms with Gasteiger partial charge in [-0.2, -0.15) is 0 Å². The van der Waals surface area contributed by atoms with Crippen LogP contribution < -0.4 is 9.47 Å². The number of hydrogen-bond donors (Lipinski definition) is 0. The van der Waals surface area contributed by atoms with E-state index in [1.54, 1.807) is 30.3 Å². The molecule has 0 unspecified atom stereocenters. The first-order valence-electron chi connectivity index (χ1n) is 6.44. The number of hydrogen-bond acceptors (Lipinski definition) is 4.